The molecule has 0 N–H and O–H groups in total. The number of thioether (sulfide) groups is 1. The maximum atomic E-state index is 13.2. The summed E-state index contributed by atoms with van der Waals surface area (Å²) < 4.78 is 4.18. The van der Waals surface area contributed by atoms with E-state index in [1.807, 2.05) is 36.3 Å². The predicted octanol–water partition coefficient (Wildman–Crippen LogP) is 5.20. The first-order valence-electron chi connectivity index (χ1n) is 12.4. The minimum absolute atomic E-state index is 0.0774. The number of carbonyl (C=O) groups excluding carboxylic acids is 2. The number of hydrogen-bond donors (Lipinski definition) is 0. The Kier molecular flexibility index (Phi) is 7.79. The smallest absolute Gasteiger partial charge is 0.222 e. The molecule has 1 fully saturated rings. The molecule has 2 aromatic heterocycles. The van der Waals surface area contributed by atoms with Crippen molar-refractivity contribution in [2.45, 2.75) is 78.5 Å². The molecule has 0 saturated carbocycles. The highest BCUT2D eigenvalue weighted by Crippen LogP contribution is 2.26. The molecule has 8 heteroatoms. The van der Waals surface area contributed by atoms with Crippen molar-refractivity contribution in [3.63, 3.8) is 0 Å². The Morgan fingerprint density at radius 3 is 2.46 bits per heavy atom. The number of amides is 1. The third kappa shape index (κ3) is 5.53. The quantitative estimate of drug-likeness (QED) is 0.319. The van der Waals surface area contributed by atoms with Gasteiger partial charge < -0.3 is 14.0 Å². The molecule has 0 atom stereocenters. The van der Waals surface area contributed by atoms with Crippen LogP contribution in [0.2, 0.25) is 0 Å². The Balaban J connectivity index is 1.49. The van der Waals surface area contributed by atoms with Crippen molar-refractivity contribution in [3.05, 3.63) is 58.2 Å². The zero-order valence-corrected chi connectivity index (χ0v) is 22.2. The summed E-state index contributed by atoms with van der Waals surface area (Å²) in [6, 6.07) is 8.44. The standard InChI is InChI=1S/C27H35N5O2S/c1-6-31-25(16-30-11-9-7-8-10-26(30)34)28-29-27(31)35-17-24(33)23-15-20(4)32(21(23)5)22-13-18(2)12-19(3)14-22/h12-15H,6-11,16-17H2,1-5H3. The van der Waals surface area contributed by atoms with E-state index in [1.54, 1.807) is 0 Å². The average molecular weight is 494 g/mol. The van der Waals surface area contributed by atoms with Crippen molar-refractivity contribution in [3.8, 4) is 5.69 Å². The van der Waals surface area contributed by atoms with E-state index in [2.05, 4.69) is 46.8 Å². The average Bonchev–Trinajstić information content (AvgIpc) is 3.26. The molecule has 1 aliphatic rings. The summed E-state index contributed by atoms with van der Waals surface area (Å²) in [5.74, 6) is 1.34. The van der Waals surface area contributed by atoms with E-state index in [-0.39, 0.29) is 17.4 Å². The number of aromatic nitrogens is 4. The molecule has 3 heterocycles. The predicted molar refractivity (Wildman–Crippen MR) is 139 cm³/mol. The normalized spacial score (nSPS) is 14.4. The Hall–Kier alpha value is -2.87. The second-order valence-corrected chi connectivity index (χ2v) is 10.4. The zero-order chi connectivity index (χ0) is 25.1. The van der Waals surface area contributed by atoms with Gasteiger partial charge in [-0.25, -0.2) is 0 Å². The second-order valence-electron chi connectivity index (χ2n) is 9.45. The fourth-order valence-corrected chi connectivity index (χ4v) is 5.87. The van der Waals surface area contributed by atoms with Crippen LogP contribution in [-0.4, -0.2) is 48.2 Å². The van der Waals surface area contributed by atoms with Crippen LogP contribution < -0.4 is 0 Å². The first-order chi connectivity index (χ1) is 16.8. The van der Waals surface area contributed by atoms with E-state index in [1.165, 1.54) is 22.9 Å². The molecule has 1 saturated heterocycles. The van der Waals surface area contributed by atoms with Crippen molar-refractivity contribution >= 4 is 23.5 Å². The molecule has 7 nitrogen and oxygen atoms in total. The molecule has 4 rings (SSSR count). The number of Topliss-reactive ketones (excluding diaryl/α,β-unsaturated/α-hetero) is 1. The number of rotatable bonds is 8. The highest BCUT2D eigenvalue weighted by molar-refractivity contribution is 7.99. The molecule has 1 amide bonds. The first kappa shape index (κ1) is 25.2. The lowest BCUT2D eigenvalue weighted by atomic mass is 10.1. The molecular weight excluding hydrogens is 458 g/mol. The van der Waals surface area contributed by atoms with E-state index in [9.17, 15) is 9.59 Å². The highest BCUT2D eigenvalue weighted by atomic mass is 32.2. The summed E-state index contributed by atoms with van der Waals surface area (Å²) in [6.07, 6.45) is 3.69. The van der Waals surface area contributed by atoms with Gasteiger partial charge in [0.15, 0.2) is 16.8 Å². The van der Waals surface area contributed by atoms with Crippen molar-refractivity contribution in [1.82, 2.24) is 24.2 Å². The van der Waals surface area contributed by atoms with E-state index in [0.717, 1.165) is 59.4 Å². The largest absolute Gasteiger partial charge is 0.335 e. The summed E-state index contributed by atoms with van der Waals surface area (Å²) in [4.78, 5) is 27.5. The van der Waals surface area contributed by atoms with Crippen LogP contribution in [0.3, 0.4) is 0 Å². The molecule has 0 aliphatic carbocycles. The summed E-state index contributed by atoms with van der Waals surface area (Å²) in [7, 11) is 0. The Labute approximate surface area is 211 Å². The molecule has 0 bridgehead atoms. The zero-order valence-electron chi connectivity index (χ0n) is 21.4. The number of benzene rings is 1. The lowest BCUT2D eigenvalue weighted by molar-refractivity contribution is -0.131. The third-order valence-electron chi connectivity index (χ3n) is 6.64. The maximum absolute atomic E-state index is 13.2. The van der Waals surface area contributed by atoms with Gasteiger partial charge in [-0.3, -0.25) is 9.59 Å². The molecule has 3 aromatic rings. The Morgan fingerprint density at radius 1 is 1.00 bits per heavy atom. The van der Waals surface area contributed by atoms with E-state index in [4.69, 9.17) is 0 Å². The molecule has 1 aliphatic heterocycles. The van der Waals surface area contributed by atoms with Gasteiger partial charge >= 0.3 is 0 Å². The van der Waals surface area contributed by atoms with Gasteiger partial charge in [-0.2, -0.15) is 0 Å². The first-order valence-corrected chi connectivity index (χ1v) is 13.4. The summed E-state index contributed by atoms with van der Waals surface area (Å²) in [5.41, 5.74) is 6.23. The maximum Gasteiger partial charge on any atom is 0.222 e. The van der Waals surface area contributed by atoms with Gasteiger partial charge in [-0.05, 0) is 76.8 Å². The number of hydrogen-bond acceptors (Lipinski definition) is 5. The van der Waals surface area contributed by atoms with E-state index < -0.39 is 0 Å². The van der Waals surface area contributed by atoms with Crippen molar-refractivity contribution < 1.29 is 9.59 Å². The minimum atomic E-state index is 0.0774. The SMILES string of the molecule is CCn1c(CN2CCCCCC2=O)nnc1SCC(=O)c1cc(C)n(-c2cc(C)cc(C)c2)c1C. The fourth-order valence-electron chi connectivity index (χ4n) is 4.97. The van der Waals surface area contributed by atoms with Crippen LogP contribution in [0.5, 0.6) is 0 Å². The van der Waals surface area contributed by atoms with Crippen LogP contribution in [0.1, 0.15) is 71.3 Å². The van der Waals surface area contributed by atoms with Gasteiger partial charge in [0.2, 0.25) is 5.91 Å². The molecular formula is C27H35N5O2S. The second kappa shape index (κ2) is 10.8. The van der Waals surface area contributed by atoms with E-state index >= 15 is 0 Å². The number of ketones is 1. The van der Waals surface area contributed by atoms with E-state index in [0.29, 0.717) is 19.5 Å². The van der Waals surface area contributed by atoms with Gasteiger partial charge in [0.1, 0.15) is 0 Å². The number of likely N-dealkylation sites (tertiary alicyclic amines) is 1. The van der Waals surface area contributed by atoms with Crippen LogP contribution in [0, 0.1) is 27.7 Å². The summed E-state index contributed by atoms with van der Waals surface area (Å²) in [5, 5.41) is 9.45. The van der Waals surface area contributed by atoms with Gasteiger partial charge in [0.05, 0.1) is 12.3 Å². The van der Waals surface area contributed by atoms with Crippen molar-refractivity contribution in [2.75, 3.05) is 12.3 Å². The molecule has 186 valence electrons. The number of aryl methyl sites for hydroxylation is 3. The lowest BCUT2D eigenvalue weighted by Crippen LogP contribution is -2.31. The van der Waals surface area contributed by atoms with Gasteiger partial charge in [0, 0.05) is 42.1 Å². The molecule has 0 radical (unpaired) electrons. The monoisotopic (exact) mass is 493 g/mol. The molecule has 0 unspecified atom stereocenters. The van der Waals surface area contributed by atoms with Gasteiger partial charge in [0.25, 0.3) is 0 Å². The van der Waals surface area contributed by atoms with Crippen molar-refractivity contribution in [1.29, 1.82) is 0 Å². The van der Waals surface area contributed by atoms with Gasteiger partial charge in [-0.15, -0.1) is 10.2 Å². The van der Waals surface area contributed by atoms with Crippen molar-refractivity contribution in [2.24, 2.45) is 0 Å². The lowest BCUT2D eigenvalue weighted by Gasteiger charge is -2.20. The topological polar surface area (TPSA) is 73.0 Å². The van der Waals surface area contributed by atoms with Crippen LogP contribution >= 0.6 is 11.8 Å². The fraction of sp³-hybridized carbons (Fsp3) is 0.481. The van der Waals surface area contributed by atoms with Crippen LogP contribution in [0.25, 0.3) is 5.69 Å². The van der Waals surface area contributed by atoms with Crippen LogP contribution in [0.4, 0.5) is 0 Å². The Bertz CT molecular complexity index is 1220. The highest BCUT2D eigenvalue weighted by Gasteiger charge is 2.22. The molecule has 1 aromatic carbocycles. The molecule has 35 heavy (non-hydrogen) atoms. The summed E-state index contributed by atoms with van der Waals surface area (Å²) >= 11 is 1.41. The van der Waals surface area contributed by atoms with Crippen LogP contribution in [-0.2, 0) is 17.9 Å². The third-order valence-corrected chi connectivity index (χ3v) is 7.61. The Morgan fingerprint density at radius 2 is 1.74 bits per heavy atom. The summed E-state index contributed by atoms with van der Waals surface area (Å²) in [6.45, 7) is 12.2. The molecule has 0 spiro atoms. The number of carbonyl (C=O) groups is 2. The van der Waals surface area contributed by atoms with Crippen LogP contribution in [0.15, 0.2) is 29.4 Å². The number of nitrogens with zero attached hydrogens (tertiary/aromatic N) is 5. The van der Waals surface area contributed by atoms with Gasteiger partial charge in [-0.1, -0.05) is 24.2 Å². The minimum Gasteiger partial charge on any atom is -0.335 e.